The number of benzene rings is 3. The van der Waals surface area contributed by atoms with Crippen molar-refractivity contribution in [1.29, 1.82) is 0 Å². The van der Waals surface area contributed by atoms with Crippen molar-refractivity contribution in [3.8, 4) is 5.75 Å². The van der Waals surface area contributed by atoms with Crippen molar-refractivity contribution in [1.82, 2.24) is 4.90 Å². The molecule has 0 bridgehead atoms. The predicted molar refractivity (Wildman–Crippen MR) is 125 cm³/mol. The van der Waals surface area contributed by atoms with E-state index in [4.69, 9.17) is 27.9 Å². The topological polar surface area (TPSA) is 46.6 Å². The Morgan fingerprint density at radius 3 is 2.25 bits per heavy atom. The van der Waals surface area contributed by atoms with Crippen LogP contribution in [0.1, 0.15) is 16.7 Å². The van der Waals surface area contributed by atoms with Crippen LogP contribution in [-0.4, -0.2) is 16.0 Å². The van der Waals surface area contributed by atoms with E-state index in [-0.39, 0.29) is 30.1 Å². The molecule has 0 saturated carbocycles. The van der Waals surface area contributed by atoms with E-state index in [0.29, 0.717) is 31.8 Å². The lowest BCUT2D eigenvalue weighted by Gasteiger charge is -2.12. The van der Waals surface area contributed by atoms with Crippen LogP contribution >= 0.6 is 35.0 Å². The standard InChI is InChI=1S/C24H16Cl2FNO3S/c25-20-2-1-3-21(26)19(20)14-31-18-10-6-15(7-11-18)12-22-23(29)28(24(30)32-22)13-16-4-8-17(27)9-5-16/h1-12H,13-14H2/b22-12-. The minimum atomic E-state index is -0.377. The van der Waals surface area contributed by atoms with Gasteiger partial charge in [-0.05, 0) is 65.4 Å². The van der Waals surface area contributed by atoms with Gasteiger partial charge >= 0.3 is 0 Å². The van der Waals surface area contributed by atoms with Gasteiger partial charge < -0.3 is 4.74 Å². The maximum Gasteiger partial charge on any atom is 0.293 e. The van der Waals surface area contributed by atoms with Gasteiger partial charge in [0.05, 0.1) is 11.4 Å². The van der Waals surface area contributed by atoms with Gasteiger partial charge in [0.2, 0.25) is 0 Å². The van der Waals surface area contributed by atoms with E-state index in [0.717, 1.165) is 22.2 Å². The third-order valence-electron chi connectivity index (χ3n) is 4.75. The van der Waals surface area contributed by atoms with Gasteiger partial charge in [-0.2, -0.15) is 0 Å². The molecule has 162 valence electrons. The number of nitrogens with zero attached hydrogens (tertiary/aromatic N) is 1. The summed E-state index contributed by atoms with van der Waals surface area (Å²) in [5.74, 6) is -0.134. The van der Waals surface area contributed by atoms with E-state index in [9.17, 15) is 14.0 Å². The highest BCUT2D eigenvalue weighted by Crippen LogP contribution is 2.33. The van der Waals surface area contributed by atoms with E-state index < -0.39 is 0 Å². The minimum Gasteiger partial charge on any atom is -0.489 e. The smallest absolute Gasteiger partial charge is 0.293 e. The summed E-state index contributed by atoms with van der Waals surface area (Å²) in [5.41, 5.74) is 2.13. The molecule has 0 spiro atoms. The number of amides is 2. The largest absolute Gasteiger partial charge is 0.489 e. The zero-order chi connectivity index (χ0) is 22.7. The van der Waals surface area contributed by atoms with Crippen LogP contribution in [0.2, 0.25) is 10.0 Å². The molecule has 1 fully saturated rings. The predicted octanol–water partition coefficient (Wildman–Crippen LogP) is 6.95. The molecule has 4 rings (SSSR count). The molecule has 1 heterocycles. The van der Waals surface area contributed by atoms with Crippen LogP contribution in [0.4, 0.5) is 9.18 Å². The third-order valence-corrected chi connectivity index (χ3v) is 6.37. The first-order chi connectivity index (χ1) is 15.4. The molecule has 1 aliphatic heterocycles. The van der Waals surface area contributed by atoms with Crippen molar-refractivity contribution in [2.75, 3.05) is 0 Å². The second-order valence-electron chi connectivity index (χ2n) is 6.95. The van der Waals surface area contributed by atoms with Crippen molar-refractivity contribution >= 4 is 52.2 Å². The van der Waals surface area contributed by atoms with Gasteiger partial charge in [0.25, 0.3) is 11.1 Å². The quantitative estimate of drug-likeness (QED) is 0.353. The van der Waals surface area contributed by atoms with Crippen molar-refractivity contribution in [3.63, 3.8) is 0 Å². The molecule has 1 saturated heterocycles. The molecule has 4 nitrogen and oxygen atoms in total. The number of ether oxygens (including phenoxy) is 1. The summed E-state index contributed by atoms with van der Waals surface area (Å²) in [4.78, 5) is 26.4. The van der Waals surface area contributed by atoms with Gasteiger partial charge in [0, 0.05) is 15.6 Å². The maximum absolute atomic E-state index is 13.1. The average Bonchev–Trinajstić information content (AvgIpc) is 3.03. The normalized spacial score (nSPS) is 15.0. The summed E-state index contributed by atoms with van der Waals surface area (Å²) in [6.45, 7) is 0.319. The average molecular weight is 488 g/mol. The van der Waals surface area contributed by atoms with Crippen LogP contribution in [-0.2, 0) is 17.9 Å². The van der Waals surface area contributed by atoms with E-state index in [2.05, 4.69) is 0 Å². The summed E-state index contributed by atoms with van der Waals surface area (Å²) in [7, 11) is 0. The van der Waals surface area contributed by atoms with E-state index in [1.807, 2.05) is 0 Å². The van der Waals surface area contributed by atoms with E-state index >= 15 is 0 Å². The Labute approximate surface area is 198 Å². The van der Waals surface area contributed by atoms with E-state index in [1.54, 1.807) is 60.7 Å². The Balaban J connectivity index is 1.42. The second-order valence-corrected chi connectivity index (χ2v) is 8.76. The van der Waals surface area contributed by atoms with Crippen LogP contribution in [0.15, 0.2) is 71.6 Å². The van der Waals surface area contributed by atoms with Gasteiger partial charge in [-0.3, -0.25) is 14.5 Å². The first-order valence-electron chi connectivity index (χ1n) is 9.56. The molecular weight excluding hydrogens is 472 g/mol. The molecule has 3 aromatic carbocycles. The van der Waals surface area contributed by atoms with Gasteiger partial charge in [-0.25, -0.2) is 4.39 Å². The molecule has 3 aromatic rings. The number of thioether (sulfide) groups is 1. The zero-order valence-electron chi connectivity index (χ0n) is 16.6. The number of rotatable bonds is 6. The third kappa shape index (κ3) is 5.15. The number of halogens is 3. The van der Waals surface area contributed by atoms with Crippen LogP contribution in [0.5, 0.6) is 5.75 Å². The first kappa shape index (κ1) is 22.4. The van der Waals surface area contributed by atoms with E-state index in [1.165, 1.54) is 12.1 Å². The molecule has 0 N–H and O–H groups in total. The van der Waals surface area contributed by atoms with Crippen molar-refractivity contribution in [3.05, 3.63) is 104 Å². The Hall–Kier alpha value is -2.80. The molecule has 0 aromatic heterocycles. The highest BCUT2D eigenvalue weighted by atomic mass is 35.5. The Morgan fingerprint density at radius 2 is 1.59 bits per heavy atom. The van der Waals surface area contributed by atoms with Crippen LogP contribution in [0.25, 0.3) is 6.08 Å². The first-order valence-corrected chi connectivity index (χ1v) is 11.1. The fourth-order valence-electron chi connectivity index (χ4n) is 3.05. The Morgan fingerprint density at radius 1 is 0.938 bits per heavy atom. The van der Waals surface area contributed by atoms with Gasteiger partial charge in [0.1, 0.15) is 18.2 Å². The molecule has 2 amide bonds. The highest BCUT2D eigenvalue weighted by molar-refractivity contribution is 8.18. The molecule has 0 unspecified atom stereocenters. The summed E-state index contributed by atoms with van der Waals surface area (Å²) in [5, 5.41) is 0.707. The number of hydrogen-bond acceptors (Lipinski definition) is 4. The lowest BCUT2D eigenvalue weighted by Crippen LogP contribution is -2.27. The number of hydrogen-bond donors (Lipinski definition) is 0. The molecule has 0 radical (unpaired) electrons. The summed E-state index contributed by atoms with van der Waals surface area (Å²) >= 11 is 13.2. The highest BCUT2D eigenvalue weighted by Gasteiger charge is 2.34. The van der Waals surface area contributed by atoms with Gasteiger partial charge in [-0.1, -0.05) is 53.5 Å². The Kier molecular flexibility index (Phi) is 6.84. The number of imide groups is 1. The second kappa shape index (κ2) is 9.77. The molecule has 32 heavy (non-hydrogen) atoms. The fourth-order valence-corrected chi connectivity index (χ4v) is 4.39. The summed E-state index contributed by atoms with van der Waals surface area (Å²) in [6.07, 6.45) is 1.66. The number of carbonyl (C=O) groups is 2. The van der Waals surface area contributed by atoms with Gasteiger partial charge in [0.15, 0.2) is 0 Å². The van der Waals surface area contributed by atoms with Crippen molar-refractivity contribution in [2.24, 2.45) is 0 Å². The lowest BCUT2D eigenvalue weighted by molar-refractivity contribution is -0.123. The van der Waals surface area contributed by atoms with Crippen molar-refractivity contribution in [2.45, 2.75) is 13.2 Å². The molecule has 8 heteroatoms. The van der Waals surface area contributed by atoms with Gasteiger partial charge in [-0.15, -0.1) is 0 Å². The van der Waals surface area contributed by atoms with Crippen molar-refractivity contribution < 1.29 is 18.7 Å². The van der Waals surface area contributed by atoms with Crippen LogP contribution in [0, 0.1) is 5.82 Å². The summed E-state index contributed by atoms with van der Waals surface area (Å²) in [6, 6.07) is 18.1. The Bertz CT molecular complexity index is 1180. The van der Waals surface area contributed by atoms with Crippen LogP contribution in [0.3, 0.4) is 0 Å². The maximum atomic E-state index is 13.1. The molecular formula is C24H16Cl2FNO3S. The lowest BCUT2D eigenvalue weighted by atomic mass is 10.2. The molecule has 1 aliphatic rings. The zero-order valence-corrected chi connectivity index (χ0v) is 18.9. The van der Waals surface area contributed by atoms with Crippen LogP contribution < -0.4 is 4.74 Å². The molecule has 0 aliphatic carbocycles. The molecule has 0 atom stereocenters. The SMILES string of the molecule is O=C1S/C(=C\c2ccc(OCc3c(Cl)cccc3Cl)cc2)C(=O)N1Cc1ccc(F)cc1. The summed E-state index contributed by atoms with van der Waals surface area (Å²) < 4.78 is 18.8. The monoisotopic (exact) mass is 487 g/mol. The fraction of sp³-hybridized carbons (Fsp3) is 0.0833. The minimum absolute atomic E-state index is 0.0969. The number of carbonyl (C=O) groups excluding carboxylic acids is 2.